The first-order valence-electron chi connectivity index (χ1n) is 9.80. The van der Waals surface area contributed by atoms with Crippen molar-refractivity contribution in [3.05, 3.63) is 84.2 Å². The number of nitrogens with zero attached hydrogens (tertiary/aromatic N) is 7. The van der Waals surface area contributed by atoms with Crippen LogP contribution in [0.1, 0.15) is 5.56 Å². The lowest BCUT2D eigenvalue weighted by Gasteiger charge is -2.22. The predicted octanol–water partition coefficient (Wildman–Crippen LogP) is 3.48. The molecule has 0 saturated heterocycles. The van der Waals surface area contributed by atoms with Crippen LogP contribution in [0.5, 0.6) is 0 Å². The summed E-state index contributed by atoms with van der Waals surface area (Å²) in [4.78, 5) is 2.16. The molecule has 0 amide bonds. The van der Waals surface area contributed by atoms with Gasteiger partial charge in [-0.3, -0.25) is 4.90 Å². The summed E-state index contributed by atoms with van der Waals surface area (Å²) in [7, 11) is 0. The molecule has 0 unspecified atom stereocenters. The van der Waals surface area contributed by atoms with Gasteiger partial charge < -0.3 is 0 Å². The number of fused-ring (bicyclic) bond motifs is 2. The van der Waals surface area contributed by atoms with Crippen molar-refractivity contribution in [1.29, 1.82) is 0 Å². The molecule has 2 heterocycles. The summed E-state index contributed by atoms with van der Waals surface area (Å²) in [6.45, 7) is 1.63. The fraction of sp³-hybridized carbons (Fsp3) is 0.182. The normalized spacial score (nSPS) is 11.7. The SMILES string of the molecule is Fc1ccccc1CCN(Cn1nnc2ccccc21)Cn1nnc2ccccc21. The highest BCUT2D eigenvalue weighted by atomic mass is 19.1. The van der Waals surface area contributed by atoms with Crippen molar-refractivity contribution in [2.24, 2.45) is 0 Å². The van der Waals surface area contributed by atoms with E-state index in [1.807, 2.05) is 70.0 Å². The molecule has 0 fully saturated rings. The molecule has 0 aliphatic heterocycles. The smallest absolute Gasteiger partial charge is 0.126 e. The van der Waals surface area contributed by atoms with Gasteiger partial charge in [-0.05, 0) is 42.3 Å². The average molecular weight is 401 g/mol. The van der Waals surface area contributed by atoms with Gasteiger partial charge in [-0.25, -0.2) is 13.8 Å². The molecule has 0 N–H and O–H groups in total. The fourth-order valence-corrected chi connectivity index (χ4v) is 3.59. The van der Waals surface area contributed by atoms with Crippen LogP contribution in [0.4, 0.5) is 4.39 Å². The fourth-order valence-electron chi connectivity index (χ4n) is 3.59. The maximum atomic E-state index is 14.1. The largest absolute Gasteiger partial charge is 0.264 e. The highest BCUT2D eigenvalue weighted by molar-refractivity contribution is 5.74. The Bertz CT molecular complexity index is 1220. The van der Waals surface area contributed by atoms with E-state index in [2.05, 4.69) is 25.5 Å². The summed E-state index contributed by atoms with van der Waals surface area (Å²) >= 11 is 0. The summed E-state index contributed by atoms with van der Waals surface area (Å²) in [5, 5.41) is 17.1. The van der Waals surface area contributed by atoms with Crippen molar-refractivity contribution in [3.63, 3.8) is 0 Å². The molecule has 0 saturated carbocycles. The van der Waals surface area contributed by atoms with Crippen LogP contribution in [-0.2, 0) is 19.8 Å². The number of rotatable bonds is 7. The third-order valence-corrected chi connectivity index (χ3v) is 5.16. The first-order chi connectivity index (χ1) is 14.8. The van der Waals surface area contributed by atoms with Gasteiger partial charge in [-0.2, -0.15) is 0 Å². The van der Waals surface area contributed by atoms with Gasteiger partial charge in [0.15, 0.2) is 0 Å². The Hall–Kier alpha value is -3.65. The molecule has 0 bridgehead atoms. The van der Waals surface area contributed by atoms with E-state index in [1.54, 1.807) is 6.07 Å². The van der Waals surface area contributed by atoms with Gasteiger partial charge >= 0.3 is 0 Å². The molecule has 7 nitrogen and oxygen atoms in total. The van der Waals surface area contributed by atoms with Crippen LogP contribution < -0.4 is 0 Å². The minimum Gasteiger partial charge on any atom is -0.264 e. The minimum atomic E-state index is -0.185. The van der Waals surface area contributed by atoms with Crippen LogP contribution in [-0.4, -0.2) is 41.4 Å². The monoisotopic (exact) mass is 401 g/mol. The Labute approximate surface area is 172 Å². The second-order valence-electron chi connectivity index (χ2n) is 7.17. The van der Waals surface area contributed by atoms with Gasteiger partial charge in [-0.15, -0.1) is 10.2 Å². The van der Waals surface area contributed by atoms with E-state index in [0.717, 1.165) is 22.1 Å². The van der Waals surface area contributed by atoms with Crippen molar-refractivity contribution in [2.45, 2.75) is 19.8 Å². The lowest BCUT2D eigenvalue weighted by Crippen LogP contribution is -2.32. The van der Waals surface area contributed by atoms with Crippen LogP contribution in [0.2, 0.25) is 0 Å². The number of hydrogen-bond acceptors (Lipinski definition) is 5. The summed E-state index contributed by atoms with van der Waals surface area (Å²) in [5.74, 6) is -0.185. The zero-order valence-corrected chi connectivity index (χ0v) is 16.3. The van der Waals surface area contributed by atoms with Gasteiger partial charge in [0.05, 0.1) is 24.4 Å². The molecule has 0 aliphatic carbocycles. The van der Waals surface area contributed by atoms with Crippen molar-refractivity contribution in [2.75, 3.05) is 6.54 Å². The molecule has 3 aromatic carbocycles. The lowest BCUT2D eigenvalue weighted by molar-refractivity contribution is 0.157. The quantitative estimate of drug-likeness (QED) is 0.418. The molecule has 8 heteroatoms. The van der Waals surface area contributed by atoms with Crippen molar-refractivity contribution in [1.82, 2.24) is 34.9 Å². The standard InChI is InChI=1S/C22H20FN7/c23-18-8-2-1-7-17(18)13-14-28(15-29-21-11-5-3-9-19(21)24-26-29)16-30-22-12-6-4-10-20(22)25-27-30/h1-12H,13-16H2. The maximum absolute atomic E-state index is 14.1. The van der Waals surface area contributed by atoms with E-state index in [0.29, 0.717) is 31.9 Å². The van der Waals surface area contributed by atoms with E-state index < -0.39 is 0 Å². The van der Waals surface area contributed by atoms with Crippen LogP contribution >= 0.6 is 0 Å². The highest BCUT2D eigenvalue weighted by Gasteiger charge is 2.14. The Morgan fingerprint density at radius 3 is 1.83 bits per heavy atom. The van der Waals surface area contributed by atoms with E-state index in [-0.39, 0.29) is 5.82 Å². The van der Waals surface area contributed by atoms with Gasteiger partial charge in [0.25, 0.3) is 0 Å². The number of para-hydroxylation sites is 2. The second-order valence-corrected chi connectivity index (χ2v) is 7.17. The topological polar surface area (TPSA) is 64.7 Å². The van der Waals surface area contributed by atoms with E-state index in [9.17, 15) is 4.39 Å². The van der Waals surface area contributed by atoms with E-state index in [4.69, 9.17) is 0 Å². The summed E-state index contributed by atoms with van der Waals surface area (Å²) < 4.78 is 17.9. The molecule has 0 aliphatic rings. The number of halogens is 1. The molecule has 0 atom stereocenters. The predicted molar refractivity (Wildman–Crippen MR) is 112 cm³/mol. The minimum absolute atomic E-state index is 0.185. The molecule has 2 aromatic heterocycles. The molecule has 0 radical (unpaired) electrons. The van der Waals surface area contributed by atoms with Crippen molar-refractivity contribution < 1.29 is 4.39 Å². The van der Waals surface area contributed by atoms with Gasteiger partial charge in [0, 0.05) is 6.54 Å². The Morgan fingerprint density at radius 2 is 1.23 bits per heavy atom. The molecule has 5 rings (SSSR count). The molecular formula is C22H20FN7. The lowest BCUT2D eigenvalue weighted by atomic mass is 10.1. The van der Waals surface area contributed by atoms with Crippen molar-refractivity contribution in [3.8, 4) is 0 Å². The first kappa shape index (κ1) is 18.4. The molecule has 0 spiro atoms. The molecule has 150 valence electrons. The third kappa shape index (κ3) is 3.65. The Kier molecular flexibility index (Phi) is 4.90. The van der Waals surface area contributed by atoms with Crippen LogP contribution in [0.15, 0.2) is 72.8 Å². The van der Waals surface area contributed by atoms with Crippen LogP contribution in [0.25, 0.3) is 22.1 Å². The maximum Gasteiger partial charge on any atom is 0.126 e. The second kappa shape index (κ2) is 8.00. The summed E-state index contributed by atoms with van der Waals surface area (Å²) in [5.41, 5.74) is 4.29. The number of benzene rings is 3. The average Bonchev–Trinajstić information content (AvgIpc) is 3.38. The Morgan fingerprint density at radius 1 is 0.700 bits per heavy atom. The van der Waals surface area contributed by atoms with Gasteiger partial charge in [0.1, 0.15) is 16.9 Å². The zero-order valence-electron chi connectivity index (χ0n) is 16.3. The summed E-state index contributed by atoms with van der Waals surface area (Å²) in [6.07, 6.45) is 0.575. The third-order valence-electron chi connectivity index (χ3n) is 5.16. The first-order valence-corrected chi connectivity index (χ1v) is 9.80. The van der Waals surface area contributed by atoms with Gasteiger partial charge in [-0.1, -0.05) is 52.9 Å². The highest BCUT2D eigenvalue weighted by Crippen LogP contribution is 2.15. The summed E-state index contributed by atoms with van der Waals surface area (Å²) in [6, 6.07) is 22.6. The molecule has 30 heavy (non-hydrogen) atoms. The number of hydrogen-bond donors (Lipinski definition) is 0. The van der Waals surface area contributed by atoms with Crippen LogP contribution in [0, 0.1) is 5.82 Å². The van der Waals surface area contributed by atoms with Crippen molar-refractivity contribution >= 4 is 22.1 Å². The number of aromatic nitrogens is 6. The molecular weight excluding hydrogens is 381 g/mol. The van der Waals surface area contributed by atoms with E-state index >= 15 is 0 Å². The van der Waals surface area contributed by atoms with Crippen LogP contribution in [0.3, 0.4) is 0 Å². The zero-order chi connectivity index (χ0) is 20.3. The van der Waals surface area contributed by atoms with E-state index in [1.165, 1.54) is 6.07 Å². The van der Waals surface area contributed by atoms with Gasteiger partial charge in [0.2, 0.25) is 0 Å². The molecule has 5 aromatic rings. The Balaban J connectivity index is 1.43.